The number of carbonyl (C=O) groups is 2. The van der Waals surface area contributed by atoms with Gasteiger partial charge >= 0.3 is 5.97 Å². The summed E-state index contributed by atoms with van der Waals surface area (Å²) in [7, 11) is -2.09. The van der Waals surface area contributed by atoms with Crippen molar-refractivity contribution >= 4 is 21.9 Å². The van der Waals surface area contributed by atoms with E-state index in [2.05, 4.69) is 0 Å². The molecule has 0 radical (unpaired) electrons. The first-order valence-electron chi connectivity index (χ1n) is 6.35. The molecule has 114 valence electrons. The van der Waals surface area contributed by atoms with Crippen molar-refractivity contribution in [1.29, 1.82) is 0 Å². The number of rotatable bonds is 4. The van der Waals surface area contributed by atoms with E-state index in [0.29, 0.717) is 12.1 Å². The summed E-state index contributed by atoms with van der Waals surface area (Å²) in [5.74, 6) is -1.22. The number of sulfonamides is 1. The molecular weight excluding hydrogens is 296 g/mol. The fourth-order valence-corrected chi connectivity index (χ4v) is 3.43. The van der Waals surface area contributed by atoms with Gasteiger partial charge in [0, 0.05) is 20.1 Å². The molecule has 1 N–H and O–H groups in total. The van der Waals surface area contributed by atoms with Gasteiger partial charge < -0.3 is 10.0 Å². The highest BCUT2D eigenvalue weighted by Crippen LogP contribution is 2.18. The van der Waals surface area contributed by atoms with Gasteiger partial charge in [-0.3, -0.25) is 9.59 Å². The van der Waals surface area contributed by atoms with E-state index >= 15 is 0 Å². The van der Waals surface area contributed by atoms with Gasteiger partial charge in [0.1, 0.15) is 0 Å². The second-order valence-corrected chi connectivity index (χ2v) is 6.81. The van der Waals surface area contributed by atoms with Crippen LogP contribution in [0, 0.1) is 0 Å². The number of amides is 1. The molecular formula is C13H16N2O5S. The monoisotopic (exact) mass is 312 g/mol. The average Bonchev–Trinajstić information content (AvgIpc) is 2.41. The summed E-state index contributed by atoms with van der Waals surface area (Å²) >= 11 is 0. The largest absolute Gasteiger partial charge is 0.481 e. The van der Waals surface area contributed by atoms with E-state index in [4.69, 9.17) is 5.11 Å². The number of likely N-dealkylation sites (N-methyl/N-ethyl adjacent to an activating group) is 1. The van der Waals surface area contributed by atoms with Gasteiger partial charge in [0.2, 0.25) is 15.9 Å². The van der Waals surface area contributed by atoms with Gasteiger partial charge in [0.15, 0.2) is 0 Å². The van der Waals surface area contributed by atoms with Gasteiger partial charge in [0.25, 0.3) is 0 Å². The molecule has 0 aliphatic carbocycles. The minimum absolute atomic E-state index is 0.0639. The van der Waals surface area contributed by atoms with Crippen molar-refractivity contribution in [2.24, 2.45) is 0 Å². The summed E-state index contributed by atoms with van der Waals surface area (Å²) < 4.78 is 26.0. The van der Waals surface area contributed by atoms with Crippen molar-refractivity contribution in [1.82, 2.24) is 9.21 Å². The van der Waals surface area contributed by atoms with Gasteiger partial charge in [-0.25, -0.2) is 8.42 Å². The first kappa shape index (κ1) is 15.5. The van der Waals surface area contributed by atoms with Crippen molar-refractivity contribution < 1.29 is 23.1 Å². The highest BCUT2D eigenvalue weighted by Gasteiger charge is 2.31. The van der Waals surface area contributed by atoms with Gasteiger partial charge in [-0.15, -0.1) is 0 Å². The van der Waals surface area contributed by atoms with Crippen molar-refractivity contribution in [2.75, 3.05) is 26.7 Å². The number of nitrogens with zero attached hydrogens (tertiary/aromatic N) is 2. The minimum Gasteiger partial charge on any atom is -0.481 e. The van der Waals surface area contributed by atoms with Crippen LogP contribution in [0.1, 0.15) is 5.56 Å². The molecule has 0 spiro atoms. The Hall–Kier alpha value is -1.93. The first-order valence-corrected chi connectivity index (χ1v) is 7.79. The Kier molecular flexibility index (Phi) is 4.29. The van der Waals surface area contributed by atoms with Crippen LogP contribution in [-0.2, 0) is 26.0 Å². The number of aliphatic carboxylic acids is 1. The van der Waals surface area contributed by atoms with Crippen LogP contribution in [0.25, 0.3) is 0 Å². The molecule has 1 aliphatic rings. The highest BCUT2D eigenvalue weighted by atomic mass is 32.2. The summed E-state index contributed by atoms with van der Waals surface area (Å²) in [6, 6.07) is 5.69. The Bertz CT molecular complexity index is 654. The lowest BCUT2D eigenvalue weighted by molar-refractivity contribution is -0.136. The van der Waals surface area contributed by atoms with Gasteiger partial charge in [-0.05, 0) is 17.7 Å². The fourth-order valence-electron chi connectivity index (χ4n) is 2.04. The normalized spacial score (nSPS) is 17.0. The van der Waals surface area contributed by atoms with E-state index in [0.717, 1.165) is 4.31 Å². The third-order valence-electron chi connectivity index (χ3n) is 3.34. The molecule has 1 saturated heterocycles. The summed E-state index contributed by atoms with van der Waals surface area (Å²) in [6.07, 6.45) is -0.159. The highest BCUT2D eigenvalue weighted by molar-refractivity contribution is 7.89. The van der Waals surface area contributed by atoms with Crippen LogP contribution in [0.4, 0.5) is 0 Å². The summed E-state index contributed by atoms with van der Waals surface area (Å²) in [5, 5.41) is 8.69. The Balaban J connectivity index is 2.19. The van der Waals surface area contributed by atoms with E-state index in [-0.39, 0.29) is 30.3 Å². The molecule has 8 heteroatoms. The molecule has 21 heavy (non-hydrogen) atoms. The SMILES string of the molecule is CN1CCN(S(=O)(=O)c2ccc(CC(=O)O)cc2)CC1=O. The number of benzene rings is 1. The topological polar surface area (TPSA) is 95.0 Å². The molecule has 2 rings (SSSR count). The molecule has 1 fully saturated rings. The predicted molar refractivity (Wildman–Crippen MR) is 74.2 cm³/mol. The fraction of sp³-hybridized carbons (Fsp3) is 0.385. The molecule has 0 saturated carbocycles. The van der Waals surface area contributed by atoms with E-state index < -0.39 is 16.0 Å². The number of hydrogen-bond acceptors (Lipinski definition) is 4. The van der Waals surface area contributed by atoms with Crippen molar-refractivity contribution in [3.8, 4) is 0 Å². The minimum atomic E-state index is -3.73. The Labute approximate surface area is 122 Å². The summed E-state index contributed by atoms with van der Waals surface area (Å²) in [4.78, 5) is 23.8. The van der Waals surface area contributed by atoms with Gasteiger partial charge in [-0.1, -0.05) is 12.1 Å². The van der Waals surface area contributed by atoms with Gasteiger partial charge in [0.05, 0.1) is 17.9 Å². The Morgan fingerprint density at radius 2 is 1.86 bits per heavy atom. The second kappa shape index (κ2) is 5.82. The zero-order valence-electron chi connectivity index (χ0n) is 11.5. The average molecular weight is 312 g/mol. The van der Waals surface area contributed by atoms with E-state index in [1.165, 1.54) is 29.2 Å². The van der Waals surface area contributed by atoms with Crippen LogP contribution < -0.4 is 0 Å². The Morgan fingerprint density at radius 1 is 1.24 bits per heavy atom. The van der Waals surface area contributed by atoms with E-state index in [1.54, 1.807) is 7.05 Å². The lowest BCUT2D eigenvalue weighted by atomic mass is 10.2. The molecule has 0 atom stereocenters. The maximum absolute atomic E-state index is 12.4. The number of carboxylic acid groups (broad SMARTS) is 1. The summed E-state index contributed by atoms with van der Waals surface area (Å²) in [6.45, 7) is 0.437. The van der Waals surface area contributed by atoms with Crippen molar-refractivity contribution in [2.45, 2.75) is 11.3 Å². The number of carboxylic acids is 1. The Morgan fingerprint density at radius 3 is 2.38 bits per heavy atom. The smallest absolute Gasteiger partial charge is 0.307 e. The van der Waals surface area contributed by atoms with Crippen LogP contribution in [-0.4, -0.2) is 61.3 Å². The zero-order valence-corrected chi connectivity index (χ0v) is 12.3. The molecule has 0 bridgehead atoms. The van der Waals surface area contributed by atoms with Crippen molar-refractivity contribution in [3.05, 3.63) is 29.8 Å². The summed E-state index contributed by atoms with van der Waals surface area (Å²) in [5.41, 5.74) is 0.524. The van der Waals surface area contributed by atoms with Crippen molar-refractivity contribution in [3.63, 3.8) is 0 Å². The molecule has 0 aromatic heterocycles. The van der Waals surface area contributed by atoms with Crippen LogP contribution in [0.2, 0.25) is 0 Å². The van der Waals surface area contributed by atoms with Crippen LogP contribution >= 0.6 is 0 Å². The second-order valence-electron chi connectivity index (χ2n) is 4.87. The quantitative estimate of drug-likeness (QED) is 0.829. The third kappa shape index (κ3) is 3.40. The molecule has 7 nitrogen and oxygen atoms in total. The first-order chi connectivity index (χ1) is 9.80. The lowest BCUT2D eigenvalue weighted by Crippen LogP contribution is -2.50. The number of piperazine rings is 1. The lowest BCUT2D eigenvalue weighted by Gasteiger charge is -2.31. The van der Waals surface area contributed by atoms with E-state index in [1.807, 2.05) is 0 Å². The molecule has 1 aromatic rings. The standard InChI is InChI=1S/C13H16N2O5S/c1-14-6-7-15(9-12(14)16)21(19,20)11-4-2-10(3-5-11)8-13(17)18/h2-5H,6-9H2,1H3,(H,17,18). The molecule has 1 aromatic carbocycles. The molecule has 1 amide bonds. The van der Waals surface area contributed by atoms with Crippen LogP contribution in [0.15, 0.2) is 29.2 Å². The van der Waals surface area contributed by atoms with Crippen LogP contribution in [0.3, 0.4) is 0 Å². The molecule has 1 aliphatic heterocycles. The number of carbonyl (C=O) groups excluding carboxylic acids is 1. The predicted octanol–water partition coefficient (Wildman–Crippen LogP) is -0.224. The molecule has 0 unspecified atom stereocenters. The number of hydrogen-bond donors (Lipinski definition) is 1. The van der Waals surface area contributed by atoms with E-state index in [9.17, 15) is 18.0 Å². The zero-order chi connectivity index (χ0) is 15.6. The maximum atomic E-state index is 12.4. The van der Waals surface area contributed by atoms with Crippen LogP contribution in [0.5, 0.6) is 0 Å². The van der Waals surface area contributed by atoms with Gasteiger partial charge in [-0.2, -0.15) is 4.31 Å². The maximum Gasteiger partial charge on any atom is 0.307 e. The molecule has 1 heterocycles. The third-order valence-corrected chi connectivity index (χ3v) is 5.20.